The number of aromatic nitrogens is 2. The summed E-state index contributed by atoms with van der Waals surface area (Å²) in [4.78, 5) is 13.5. The van der Waals surface area contributed by atoms with Gasteiger partial charge in [-0.2, -0.15) is 0 Å². The van der Waals surface area contributed by atoms with Gasteiger partial charge < -0.3 is 10.2 Å². The maximum absolute atomic E-state index is 11.7. The summed E-state index contributed by atoms with van der Waals surface area (Å²) >= 11 is 1.35. The van der Waals surface area contributed by atoms with Gasteiger partial charge in [-0.05, 0) is 19.8 Å². The van der Waals surface area contributed by atoms with Gasteiger partial charge in [-0.25, -0.2) is 0 Å². The molecule has 0 saturated carbocycles. The fourth-order valence-corrected chi connectivity index (χ4v) is 2.46. The van der Waals surface area contributed by atoms with Crippen molar-refractivity contribution in [3.8, 4) is 0 Å². The summed E-state index contributed by atoms with van der Waals surface area (Å²) in [6, 6.07) is 0. The largest absolute Gasteiger partial charge is 0.374 e. The van der Waals surface area contributed by atoms with Crippen molar-refractivity contribution < 1.29 is 4.79 Å². The minimum Gasteiger partial charge on any atom is -0.374 e. The van der Waals surface area contributed by atoms with Crippen LogP contribution in [0.5, 0.6) is 0 Å². The van der Waals surface area contributed by atoms with Gasteiger partial charge in [-0.1, -0.05) is 4.49 Å². The fraction of sp³-hybridized carbons (Fsp3) is 0.700. The molecule has 0 aromatic carbocycles. The molecule has 1 fully saturated rings. The van der Waals surface area contributed by atoms with Gasteiger partial charge >= 0.3 is 0 Å². The summed E-state index contributed by atoms with van der Waals surface area (Å²) < 4.78 is 3.92. The molecule has 6 heteroatoms. The van der Waals surface area contributed by atoms with Crippen LogP contribution in [0.4, 0.5) is 5.00 Å². The zero-order valence-electron chi connectivity index (χ0n) is 9.40. The van der Waals surface area contributed by atoms with E-state index in [9.17, 15) is 4.79 Å². The quantitative estimate of drug-likeness (QED) is 0.866. The topological polar surface area (TPSA) is 58.1 Å². The number of carbonyl (C=O) groups excluding carboxylic acids is 1. The second-order valence-corrected chi connectivity index (χ2v) is 4.61. The first-order valence-electron chi connectivity index (χ1n) is 5.64. The molecule has 0 atom stereocenters. The highest BCUT2D eigenvalue weighted by Gasteiger charge is 2.20. The van der Waals surface area contributed by atoms with Crippen molar-refractivity contribution in [3.63, 3.8) is 0 Å². The molecule has 2 heterocycles. The van der Waals surface area contributed by atoms with E-state index in [1.807, 2.05) is 11.8 Å². The number of likely N-dealkylation sites (tertiary alicyclic amines) is 1. The Labute approximate surface area is 99.0 Å². The molecule has 1 saturated heterocycles. The van der Waals surface area contributed by atoms with Crippen molar-refractivity contribution in [2.45, 2.75) is 32.7 Å². The number of carbonyl (C=O) groups is 1. The standard InChI is InChI=1S/C10H16N4OS/c1-2-11-10-8(12-13-16-10)7-14-6-4-3-5-9(14)15/h11H,2-7H2,1H3. The first kappa shape index (κ1) is 11.3. The summed E-state index contributed by atoms with van der Waals surface area (Å²) in [5, 5.41) is 8.28. The van der Waals surface area contributed by atoms with Gasteiger partial charge in [-0.15, -0.1) is 5.10 Å². The number of nitrogens with zero attached hydrogens (tertiary/aromatic N) is 3. The first-order chi connectivity index (χ1) is 7.81. The normalized spacial score (nSPS) is 16.6. The molecular formula is C10H16N4OS. The Balaban J connectivity index is 2.01. The van der Waals surface area contributed by atoms with Crippen LogP contribution in [-0.4, -0.2) is 33.5 Å². The molecule has 1 aromatic heterocycles. The number of anilines is 1. The van der Waals surface area contributed by atoms with Crippen molar-refractivity contribution in [2.24, 2.45) is 0 Å². The van der Waals surface area contributed by atoms with E-state index in [4.69, 9.17) is 0 Å². The highest BCUT2D eigenvalue weighted by molar-refractivity contribution is 7.10. The van der Waals surface area contributed by atoms with Gasteiger partial charge in [0.1, 0.15) is 10.7 Å². The van der Waals surface area contributed by atoms with E-state index in [-0.39, 0.29) is 5.91 Å². The molecular weight excluding hydrogens is 224 g/mol. The van der Waals surface area contributed by atoms with Gasteiger partial charge in [0, 0.05) is 31.0 Å². The highest BCUT2D eigenvalue weighted by atomic mass is 32.1. The summed E-state index contributed by atoms with van der Waals surface area (Å²) in [7, 11) is 0. The minimum atomic E-state index is 0.238. The molecule has 0 bridgehead atoms. The van der Waals surface area contributed by atoms with Gasteiger partial charge in [0.15, 0.2) is 0 Å². The van der Waals surface area contributed by atoms with Gasteiger partial charge in [0.2, 0.25) is 5.91 Å². The molecule has 0 unspecified atom stereocenters. The van der Waals surface area contributed by atoms with Gasteiger partial charge in [-0.3, -0.25) is 4.79 Å². The average Bonchev–Trinajstić information content (AvgIpc) is 2.70. The molecule has 16 heavy (non-hydrogen) atoms. The molecule has 1 N–H and O–H groups in total. The molecule has 88 valence electrons. The summed E-state index contributed by atoms with van der Waals surface area (Å²) in [6.45, 7) is 4.33. The zero-order valence-corrected chi connectivity index (χ0v) is 10.2. The lowest BCUT2D eigenvalue weighted by Crippen LogP contribution is -2.34. The molecule has 1 amide bonds. The smallest absolute Gasteiger partial charge is 0.222 e. The molecule has 5 nitrogen and oxygen atoms in total. The Bertz CT molecular complexity index is 365. The van der Waals surface area contributed by atoms with Crippen LogP contribution in [0.2, 0.25) is 0 Å². The van der Waals surface area contributed by atoms with Crippen LogP contribution in [0.1, 0.15) is 31.9 Å². The molecule has 0 spiro atoms. The van der Waals surface area contributed by atoms with E-state index in [1.54, 1.807) is 0 Å². The van der Waals surface area contributed by atoms with Crippen molar-refractivity contribution in [1.29, 1.82) is 0 Å². The van der Waals surface area contributed by atoms with Crippen molar-refractivity contribution in [3.05, 3.63) is 5.69 Å². The lowest BCUT2D eigenvalue weighted by molar-refractivity contribution is -0.133. The van der Waals surface area contributed by atoms with E-state index in [1.165, 1.54) is 11.5 Å². The monoisotopic (exact) mass is 240 g/mol. The van der Waals surface area contributed by atoms with Crippen LogP contribution in [0.3, 0.4) is 0 Å². The first-order valence-corrected chi connectivity index (χ1v) is 6.41. The maximum Gasteiger partial charge on any atom is 0.222 e. The lowest BCUT2D eigenvalue weighted by atomic mass is 10.1. The van der Waals surface area contributed by atoms with Crippen LogP contribution in [0, 0.1) is 0 Å². The number of piperidine rings is 1. The van der Waals surface area contributed by atoms with E-state index in [2.05, 4.69) is 14.9 Å². The second kappa shape index (κ2) is 5.25. The minimum absolute atomic E-state index is 0.238. The third kappa shape index (κ3) is 2.49. The molecule has 1 aliphatic rings. The Morgan fingerprint density at radius 2 is 2.38 bits per heavy atom. The molecule has 1 aromatic rings. The van der Waals surface area contributed by atoms with Crippen molar-refractivity contribution >= 4 is 22.4 Å². The van der Waals surface area contributed by atoms with Crippen LogP contribution >= 0.6 is 11.5 Å². The number of nitrogens with one attached hydrogen (secondary N) is 1. The Hall–Kier alpha value is -1.17. The van der Waals surface area contributed by atoms with Crippen LogP contribution < -0.4 is 5.32 Å². The number of hydrogen-bond donors (Lipinski definition) is 1. The van der Waals surface area contributed by atoms with E-state index in [0.29, 0.717) is 13.0 Å². The third-order valence-electron chi connectivity index (χ3n) is 2.66. The Kier molecular flexibility index (Phi) is 3.71. The van der Waals surface area contributed by atoms with Gasteiger partial charge in [0.25, 0.3) is 0 Å². The van der Waals surface area contributed by atoms with E-state index < -0.39 is 0 Å². The Morgan fingerprint density at radius 1 is 1.50 bits per heavy atom. The predicted octanol–water partition coefficient (Wildman–Crippen LogP) is 1.48. The predicted molar refractivity (Wildman–Crippen MR) is 63.3 cm³/mol. The Morgan fingerprint density at radius 3 is 3.12 bits per heavy atom. The van der Waals surface area contributed by atoms with Crippen LogP contribution in [-0.2, 0) is 11.3 Å². The summed E-state index contributed by atoms with van der Waals surface area (Å²) in [6.07, 6.45) is 2.79. The van der Waals surface area contributed by atoms with Crippen LogP contribution in [0.25, 0.3) is 0 Å². The lowest BCUT2D eigenvalue weighted by Gasteiger charge is -2.26. The van der Waals surface area contributed by atoms with Crippen molar-refractivity contribution in [1.82, 2.24) is 14.5 Å². The molecule has 0 aliphatic carbocycles. The van der Waals surface area contributed by atoms with Crippen molar-refractivity contribution in [2.75, 3.05) is 18.4 Å². The fourth-order valence-electron chi connectivity index (χ4n) is 1.82. The summed E-state index contributed by atoms with van der Waals surface area (Å²) in [5.41, 5.74) is 0.891. The molecule has 0 radical (unpaired) electrons. The molecule has 1 aliphatic heterocycles. The summed E-state index contributed by atoms with van der Waals surface area (Å²) in [5.74, 6) is 0.238. The molecule has 2 rings (SSSR count). The average molecular weight is 240 g/mol. The van der Waals surface area contributed by atoms with Crippen LogP contribution in [0.15, 0.2) is 0 Å². The number of rotatable bonds is 4. The van der Waals surface area contributed by atoms with E-state index in [0.717, 1.165) is 36.6 Å². The van der Waals surface area contributed by atoms with Gasteiger partial charge in [0.05, 0.1) is 6.54 Å². The zero-order chi connectivity index (χ0) is 11.4. The number of amides is 1. The number of hydrogen-bond acceptors (Lipinski definition) is 5. The SMILES string of the molecule is CCNc1snnc1CN1CCCCC1=O. The highest BCUT2D eigenvalue weighted by Crippen LogP contribution is 2.21. The third-order valence-corrected chi connectivity index (χ3v) is 3.38. The van der Waals surface area contributed by atoms with E-state index >= 15 is 0 Å². The maximum atomic E-state index is 11.7. The second-order valence-electron chi connectivity index (χ2n) is 3.85.